The second-order valence-corrected chi connectivity index (χ2v) is 2.21. The summed E-state index contributed by atoms with van der Waals surface area (Å²) in [5.41, 5.74) is 2.10. The summed E-state index contributed by atoms with van der Waals surface area (Å²) in [6, 6.07) is 3.94. The van der Waals surface area contributed by atoms with Gasteiger partial charge in [-0.05, 0) is 18.6 Å². The molecule has 10 heavy (non-hydrogen) atoms. The van der Waals surface area contributed by atoms with Gasteiger partial charge >= 0.3 is 0 Å². The van der Waals surface area contributed by atoms with E-state index in [-0.39, 0.29) is 17.0 Å². The van der Waals surface area contributed by atoms with Gasteiger partial charge in [-0.2, -0.15) is 0 Å². The average molecular weight is 223 g/mol. The van der Waals surface area contributed by atoms with Crippen LogP contribution in [-0.4, -0.2) is 4.98 Å². The third-order valence-electron chi connectivity index (χ3n) is 1.13. The molecule has 1 aromatic heterocycles. The minimum absolute atomic E-state index is 0. The molecular weight excluding hydrogens is 213 g/mol. The Morgan fingerprint density at radius 3 is 2.60 bits per heavy atom. The maximum atomic E-state index is 5.54. The van der Waals surface area contributed by atoms with Gasteiger partial charge in [0.1, 0.15) is 0 Å². The lowest BCUT2D eigenvalue weighted by molar-refractivity contribution is 1.16. The second-order valence-electron chi connectivity index (χ2n) is 1.94. The maximum absolute atomic E-state index is 5.54. The third-order valence-corrected chi connectivity index (χ3v) is 1.44. The molecule has 0 bridgehead atoms. The van der Waals surface area contributed by atoms with Crippen LogP contribution in [0.15, 0.2) is 18.3 Å². The fraction of sp³-hybridized carbons (Fsp3) is 0.286. The van der Waals surface area contributed by atoms with Gasteiger partial charge in [0.05, 0.1) is 0 Å². The average Bonchev–Trinajstić information content (AvgIpc) is 1.90. The Labute approximate surface area is 76.2 Å². The summed E-state index contributed by atoms with van der Waals surface area (Å²) in [6.07, 6.45) is 1.79. The van der Waals surface area contributed by atoms with Gasteiger partial charge in [0.25, 0.3) is 0 Å². The molecule has 1 rings (SSSR count). The van der Waals surface area contributed by atoms with Crippen molar-refractivity contribution in [2.45, 2.75) is 12.8 Å². The lowest BCUT2D eigenvalue weighted by atomic mass is 10.3. The molecule has 3 heteroatoms. The van der Waals surface area contributed by atoms with E-state index in [9.17, 15) is 0 Å². The highest BCUT2D eigenvalue weighted by Gasteiger charge is 1.87. The van der Waals surface area contributed by atoms with E-state index >= 15 is 0 Å². The summed E-state index contributed by atoms with van der Waals surface area (Å²) >= 11 is 5.54. The monoisotopic (exact) mass is 221 g/mol. The first kappa shape index (κ1) is 9.92. The quantitative estimate of drug-likeness (QED) is 0.666. The van der Waals surface area contributed by atoms with Crippen LogP contribution < -0.4 is 0 Å². The van der Waals surface area contributed by atoms with Crippen LogP contribution in [0.1, 0.15) is 11.3 Å². The van der Waals surface area contributed by atoms with Crippen molar-refractivity contribution in [1.82, 2.24) is 4.98 Å². The molecule has 0 amide bonds. The van der Waals surface area contributed by atoms with Gasteiger partial charge in [-0.15, -0.1) is 28.6 Å². The zero-order chi connectivity index (χ0) is 6.69. The summed E-state index contributed by atoms with van der Waals surface area (Å²) in [6.45, 7) is 1.96. The van der Waals surface area contributed by atoms with Crippen molar-refractivity contribution in [3.8, 4) is 0 Å². The largest absolute Gasteiger partial charge is 0.261 e. The predicted octanol–water partition coefficient (Wildman–Crippen LogP) is 2.71. The van der Waals surface area contributed by atoms with Gasteiger partial charge in [-0.3, -0.25) is 4.98 Å². The highest BCUT2D eigenvalue weighted by atomic mass is 79.9. The minimum atomic E-state index is 0. The second kappa shape index (κ2) is 4.69. The summed E-state index contributed by atoms with van der Waals surface area (Å²) in [5.74, 6) is 0.549. The van der Waals surface area contributed by atoms with Gasteiger partial charge in [0, 0.05) is 17.8 Å². The van der Waals surface area contributed by atoms with Crippen molar-refractivity contribution < 1.29 is 0 Å². The van der Waals surface area contributed by atoms with E-state index in [1.165, 1.54) is 0 Å². The Hall–Kier alpha value is -0.0800. The van der Waals surface area contributed by atoms with Gasteiger partial charge in [-0.1, -0.05) is 6.07 Å². The van der Waals surface area contributed by atoms with E-state index in [0.29, 0.717) is 5.88 Å². The fourth-order valence-corrected chi connectivity index (χ4v) is 0.736. The lowest BCUT2D eigenvalue weighted by Crippen LogP contribution is -1.81. The molecule has 1 aromatic rings. The fourth-order valence-electron chi connectivity index (χ4n) is 0.577. The number of alkyl halides is 1. The molecule has 1 nitrogen and oxygen atoms in total. The lowest BCUT2D eigenvalue weighted by Gasteiger charge is -1.92. The number of rotatable bonds is 1. The number of pyridine rings is 1. The SMILES string of the molecule is Br.Cc1ccc(CCl)cn1. The van der Waals surface area contributed by atoms with Crippen molar-refractivity contribution in [3.05, 3.63) is 29.6 Å². The van der Waals surface area contributed by atoms with Crippen LogP contribution in [0.5, 0.6) is 0 Å². The molecule has 0 fully saturated rings. The van der Waals surface area contributed by atoms with Crippen LogP contribution in [0, 0.1) is 6.92 Å². The van der Waals surface area contributed by atoms with Gasteiger partial charge in [-0.25, -0.2) is 0 Å². The Morgan fingerprint density at radius 2 is 2.20 bits per heavy atom. The van der Waals surface area contributed by atoms with E-state index in [0.717, 1.165) is 11.3 Å². The molecule has 0 N–H and O–H groups in total. The standard InChI is InChI=1S/C7H8ClN.BrH/c1-6-2-3-7(4-8)5-9-6;/h2-3,5H,4H2,1H3;1H. The normalized spacial score (nSPS) is 8.60. The molecule has 0 aliphatic carbocycles. The molecule has 0 spiro atoms. The highest BCUT2D eigenvalue weighted by Crippen LogP contribution is 2.01. The number of nitrogens with zero attached hydrogens (tertiary/aromatic N) is 1. The summed E-state index contributed by atoms with van der Waals surface area (Å²) in [5, 5.41) is 0. The number of aromatic nitrogens is 1. The predicted molar refractivity (Wildman–Crippen MR) is 48.9 cm³/mol. The summed E-state index contributed by atoms with van der Waals surface area (Å²) in [4.78, 5) is 4.07. The number of halogens is 2. The first-order chi connectivity index (χ1) is 4.33. The maximum Gasteiger partial charge on any atom is 0.0489 e. The Kier molecular flexibility index (Phi) is 4.65. The molecule has 0 saturated carbocycles. The summed E-state index contributed by atoms with van der Waals surface area (Å²) in [7, 11) is 0. The van der Waals surface area contributed by atoms with Crippen molar-refractivity contribution in [2.75, 3.05) is 0 Å². The van der Waals surface area contributed by atoms with Crippen LogP contribution >= 0.6 is 28.6 Å². The van der Waals surface area contributed by atoms with Crippen molar-refractivity contribution in [1.29, 1.82) is 0 Å². The van der Waals surface area contributed by atoms with Crippen molar-refractivity contribution in [2.24, 2.45) is 0 Å². The van der Waals surface area contributed by atoms with Gasteiger partial charge < -0.3 is 0 Å². The van der Waals surface area contributed by atoms with Crippen molar-refractivity contribution >= 4 is 28.6 Å². The first-order valence-electron chi connectivity index (χ1n) is 2.80. The Balaban J connectivity index is 0.000000810. The molecule has 0 radical (unpaired) electrons. The van der Waals surface area contributed by atoms with Crippen LogP contribution in [0.2, 0.25) is 0 Å². The zero-order valence-corrected chi connectivity index (χ0v) is 8.14. The number of hydrogen-bond acceptors (Lipinski definition) is 1. The van der Waals surface area contributed by atoms with E-state index in [4.69, 9.17) is 11.6 Å². The molecule has 0 saturated heterocycles. The van der Waals surface area contributed by atoms with E-state index in [2.05, 4.69) is 4.98 Å². The Bertz CT molecular complexity index is 185. The smallest absolute Gasteiger partial charge is 0.0489 e. The molecule has 0 aromatic carbocycles. The Morgan fingerprint density at radius 1 is 1.50 bits per heavy atom. The van der Waals surface area contributed by atoms with E-state index in [1.54, 1.807) is 6.20 Å². The van der Waals surface area contributed by atoms with Crippen LogP contribution in [0.25, 0.3) is 0 Å². The minimum Gasteiger partial charge on any atom is -0.261 e. The van der Waals surface area contributed by atoms with Crippen LogP contribution in [-0.2, 0) is 5.88 Å². The van der Waals surface area contributed by atoms with E-state index in [1.807, 2.05) is 19.1 Å². The molecule has 0 aliphatic rings. The van der Waals surface area contributed by atoms with Crippen molar-refractivity contribution in [3.63, 3.8) is 0 Å². The molecule has 56 valence electrons. The molecule has 0 atom stereocenters. The first-order valence-corrected chi connectivity index (χ1v) is 3.34. The van der Waals surface area contributed by atoms with Gasteiger partial charge in [0.2, 0.25) is 0 Å². The molecule has 0 aliphatic heterocycles. The molecular formula is C7H9BrClN. The van der Waals surface area contributed by atoms with E-state index < -0.39 is 0 Å². The number of hydrogen-bond donors (Lipinski definition) is 0. The van der Waals surface area contributed by atoms with Gasteiger partial charge in [0.15, 0.2) is 0 Å². The molecule has 1 heterocycles. The number of aryl methyl sites for hydroxylation is 1. The van der Waals surface area contributed by atoms with Crippen LogP contribution in [0.4, 0.5) is 0 Å². The highest BCUT2D eigenvalue weighted by molar-refractivity contribution is 8.93. The zero-order valence-electron chi connectivity index (χ0n) is 5.67. The third kappa shape index (κ3) is 2.67. The summed E-state index contributed by atoms with van der Waals surface area (Å²) < 4.78 is 0. The van der Waals surface area contributed by atoms with Crippen LogP contribution in [0.3, 0.4) is 0 Å². The molecule has 0 unspecified atom stereocenters. The topological polar surface area (TPSA) is 12.9 Å².